The van der Waals surface area contributed by atoms with Crippen LogP contribution in [0.25, 0.3) is 0 Å². The van der Waals surface area contributed by atoms with Gasteiger partial charge in [-0.2, -0.15) is 9.59 Å². The van der Waals surface area contributed by atoms with E-state index < -0.39 is 12.2 Å². The van der Waals surface area contributed by atoms with Gasteiger partial charge < -0.3 is 92.5 Å². The van der Waals surface area contributed by atoms with Crippen LogP contribution < -0.4 is 26.6 Å². The minimum absolute atomic E-state index is 0.0865. The van der Waals surface area contributed by atoms with Gasteiger partial charge in [-0.15, -0.1) is 0 Å². The number of hydrogen-bond acceptors (Lipinski definition) is 27. The van der Waals surface area contributed by atoms with Crippen LogP contribution in [0.1, 0.15) is 233 Å². The predicted octanol–water partition coefficient (Wildman–Crippen LogP) is 11.8. The van der Waals surface area contributed by atoms with E-state index >= 15 is 0 Å². The molecule has 7 N–H and O–H groups in total. The van der Waals surface area contributed by atoms with Crippen LogP contribution in [0, 0.1) is 0 Å². The fourth-order valence-corrected chi connectivity index (χ4v) is 6.32. The van der Waals surface area contributed by atoms with Crippen molar-refractivity contribution in [3.63, 3.8) is 0 Å². The summed E-state index contributed by atoms with van der Waals surface area (Å²) in [5.74, 6) is 0. The summed E-state index contributed by atoms with van der Waals surface area (Å²) in [4.78, 5) is 57.4. The summed E-state index contributed by atoms with van der Waals surface area (Å²) in [6.07, 6.45) is 19.6. The first-order valence-corrected chi connectivity index (χ1v) is 38.0. The molecule has 0 aliphatic heterocycles. The van der Waals surface area contributed by atoms with Crippen LogP contribution in [0.3, 0.4) is 0 Å². The van der Waals surface area contributed by atoms with Crippen molar-refractivity contribution >= 4 is 18.3 Å². The minimum atomic E-state index is -0.448. The lowest BCUT2D eigenvalue weighted by molar-refractivity contribution is -0.303. The first-order chi connectivity index (χ1) is 49.3. The van der Waals surface area contributed by atoms with E-state index in [1.807, 2.05) is 76.2 Å². The first-order valence-electron chi connectivity index (χ1n) is 38.0. The van der Waals surface area contributed by atoms with Crippen molar-refractivity contribution in [2.24, 2.45) is 0 Å². The highest BCUT2D eigenvalue weighted by Crippen LogP contribution is 2.06. The van der Waals surface area contributed by atoms with E-state index in [1.165, 1.54) is 51.4 Å². The van der Waals surface area contributed by atoms with Crippen LogP contribution in [-0.2, 0) is 95.5 Å². The molecular weight excluding hydrogens is 1320 g/mol. The average molecular weight is 1480 g/mol. The highest BCUT2D eigenvalue weighted by Gasteiger charge is 2.04. The number of aliphatic hydroxyl groups excluding tert-OH is 2. The Morgan fingerprint density at radius 2 is 0.683 bits per heavy atom. The molecule has 2 unspecified atom stereocenters. The van der Waals surface area contributed by atoms with E-state index in [2.05, 4.69) is 61.2 Å². The standard InChI is InChI=1S/C11H24N2O5.C10H22N2O5.C10H22O2.2C9H20O3.C9H20O2.C7H17NO.C6H14O.CO2/c1-3-5-6-16-11(14)13-9-12-10-18-17-8-7-15-4-2;1-3-5-15-10(13)12-8-11-9-17-16-7-6-14-4-2;1-3-7-10(11)8-5-6-9-12-4-2;1-3-5-9(10)8-12-7-6-11-4-2;1-3-5-6-11-7-8-12-9-10-4-2;1-3-5-6-7-8-11-9-10-4-2;1-3-5-8-6-7-9-4-2;1-3-5-6-7-4-2;2-1-3/h12H,3-10H2,1-2H3,(H,13,14);11H,3-9H2,1-2H3,(H,12,13);10-11H,3-9H2,1-2H3;9-10H,3-8H2,1-2H3;3-9H2,1-2H3;3-9H2,1-2H3;8H,3-7H2,1-2H3;3-6H2,1-2H3;. The van der Waals surface area contributed by atoms with E-state index in [0.717, 1.165) is 150 Å². The molecule has 2 atom stereocenters. The molecule has 2 amide bonds. The fourth-order valence-electron chi connectivity index (χ4n) is 6.32. The summed E-state index contributed by atoms with van der Waals surface area (Å²) in [5, 5.41) is 32.4. The number of hydrogen-bond donors (Lipinski definition) is 7. The van der Waals surface area contributed by atoms with Gasteiger partial charge >= 0.3 is 18.3 Å². The number of ether oxygens (including phenoxy) is 14. The summed E-state index contributed by atoms with van der Waals surface area (Å²) in [5.41, 5.74) is 0. The van der Waals surface area contributed by atoms with Crippen LogP contribution in [0.2, 0.25) is 0 Å². The van der Waals surface area contributed by atoms with Gasteiger partial charge in [0.2, 0.25) is 0 Å². The van der Waals surface area contributed by atoms with E-state index in [9.17, 15) is 19.8 Å². The van der Waals surface area contributed by atoms with Gasteiger partial charge in [-0.25, -0.2) is 29.1 Å². The largest absolute Gasteiger partial charge is 0.450 e. The third-order valence-corrected chi connectivity index (χ3v) is 11.6. The molecule has 616 valence electrons. The van der Waals surface area contributed by atoms with Crippen molar-refractivity contribution in [3.05, 3.63) is 0 Å². The lowest BCUT2D eigenvalue weighted by atomic mass is 10.1. The summed E-state index contributed by atoms with van der Waals surface area (Å²) in [6, 6.07) is 0. The van der Waals surface area contributed by atoms with Crippen molar-refractivity contribution in [2.45, 2.75) is 245 Å². The predicted molar refractivity (Wildman–Crippen MR) is 397 cm³/mol. The molecule has 0 saturated heterocycles. The quantitative estimate of drug-likeness (QED) is 0.0129. The van der Waals surface area contributed by atoms with Gasteiger partial charge in [-0.3, -0.25) is 10.6 Å². The van der Waals surface area contributed by atoms with E-state index in [1.54, 1.807) is 0 Å². The van der Waals surface area contributed by atoms with Crippen LogP contribution >= 0.6 is 0 Å². The molecule has 0 saturated carbocycles. The monoisotopic (exact) mass is 1480 g/mol. The van der Waals surface area contributed by atoms with Crippen molar-refractivity contribution in [1.82, 2.24) is 26.6 Å². The number of rotatable bonds is 66. The average Bonchev–Trinajstić information content (AvgIpc) is 3.81. The number of carbonyl (C=O) groups is 2. The summed E-state index contributed by atoms with van der Waals surface area (Å²) >= 11 is 0. The third kappa shape index (κ3) is 156. The topological polar surface area (TPSA) is 335 Å². The maximum absolute atomic E-state index is 11.1. The molecule has 29 heteroatoms. The Kier molecular flexibility index (Phi) is 146. The number of alkyl carbamates (subject to hydrolysis) is 2. The first kappa shape index (κ1) is 116. The Morgan fingerprint density at radius 3 is 1.15 bits per heavy atom. The highest BCUT2D eigenvalue weighted by molar-refractivity contribution is 5.67. The third-order valence-electron chi connectivity index (χ3n) is 11.6. The van der Waals surface area contributed by atoms with Crippen LogP contribution in [0.5, 0.6) is 0 Å². The molecule has 0 aliphatic rings. The van der Waals surface area contributed by atoms with E-state index in [-0.39, 0.29) is 45.2 Å². The second-order valence-electron chi connectivity index (χ2n) is 20.9. The van der Waals surface area contributed by atoms with Crippen molar-refractivity contribution in [2.75, 3.05) is 212 Å². The second-order valence-corrected chi connectivity index (χ2v) is 20.9. The molecule has 29 nitrogen and oxygen atoms in total. The SMILES string of the molecule is CCCC(O)CCCCOCC.CCCC(O)COCCOCC.CCCCCCOCOCC.CCCCOC(=O)NCNCOOCCOCC.CCCCOCC.CCCCOCCOCOCC.CCCNCCOCC.CCCOC(=O)NCNCOOCCOCC.O=C=O. The molecule has 0 aromatic carbocycles. The van der Waals surface area contributed by atoms with Crippen molar-refractivity contribution < 1.29 is 115 Å². The zero-order valence-electron chi connectivity index (χ0n) is 67.1. The smallest absolute Gasteiger partial charge is 0.408 e. The number of aliphatic hydroxyl groups is 2. The van der Waals surface area contributed by atoms with Crippen molar-refractivity contribution in [3.8, 4) is 0 Å². The molecule has 0 fully saturated rings. The molecule has 0 heterocycles. The Balaban J connectivity index is -0.000000138. The molecule has 0 aliphatic carbocycles. The van der Waals surface area contributed by atoms with Gasteiger partial charge in [-0.05, 0) is 133 Å². The number of nitrogens with one attached hydrogen (secondary N) is 5. The molecular formula is C72H159N5O24. The second kappa shape index (κ2) is 127. The molecule has 0 bridgehead atoms. The number of carbonyl (C=O) groups excluding carboxylic acids is 4. The molecule has 0 radical (unpaired) electrons. The zero-order valence-corrected chi connectivity index (χ0v) is 67.1. The molecule has 0 aromatic rings. The van der Waals surface area contributed by atoms with Gasteiger partial charge in [0.25, 0.3) is 0 Å². The number of amides is 2. The maximum Gasteiger partial charge on any atom is 0.408 e. The summed E-state index contributed by atoms with van der Waals surface area (Å²) in [6.45, 7) is 52.2. The lowest BCUT2D eigenvalue weighted by Crippen LogP contribution is -2.35. The molecule has 0 rings (SSSR count). The van der Waals surface area contributed by atoms with Gasteiger partial charge in [0.15, 0.2) is 0 Å². The highest BCUT2D eigenvalue weighted by atomic mass is 17.2. The maximum atomic E-state index is 11.1. The Morgan fingerprint density at radius 1 is 0.307 bits per heavy atom. The fraction of sp³-hybridized carbons (Fsp3) is 0.958. The Labute approximate surface area is 615 Å². The summed E-state index contributed by atoms with van der Waals surface area (Å²) in [7, 11) is 0. The van der Waals surface area contributed by atoms with Gasteiger partial charge in [0, 0.05) is 85.8 Å². The van der Waals surface area contributed by atoms with Gasteiger partial charge in [0.05, 0.1) is 91.6 Å². The molecule has 101 heavy (non-hydrogen) atoms. The van der Waals surface area contributed by atoms with Crippen LogP contribution in [0.15, 0.2) is 0 Å². The van der Waals surface area contributed by atoms with Gasteiger partial charge in [-0.1, -0.05) is 107 Å². The molecule has 0 aromatic heterocycles. The zero-order chi connectivity index (χ0) is 77.3. The molecule has 0 spiro atoms. The van der Waals surface area contributed by atoms with Crippen LogP contribution in [-0.4, -0.2) is 253 Å². The Bertz CT molecular complexity index is 1340. The van der Waals surface area contributed by atoms with Crippen LogP contribution in [0.4, 0.5) is 9.59 Å². The van der Waals surface area contributed by atoms with Crippen molar-refractivity contribution in [1.29, 1.82) is 0 Å². The van der Waals surface area contributed by atoms with E-state index in [4.69, 9.17) is 95.5 Å². The normalized spacial score (nSPS) is 10.7. The summed E-state index contributed by atoms with van der Waals surface area (Å²) < 4.78 is 70.9. The minimum Gasteiger partial charge on any atom is -0.450 e. The van der Waals surface area contributed by atoms with Gasteiger partial charge in [0.1, 0.15) is 40.3 Å². The Hall–Kier alpha value is -2.92. The lowest BCUT2D eigenvalue weighted by Gasteiger charge is -2.09. The number of unbranched alkanes of at least 4 members (excludes halogenated alkanes) is 7. The van der Waals surface area contributed by atoms with E-state index in [0.29, 0.717) is 106 Å².